The topological polar surface area (TPSA) is 93.8 Å². The van der Waals surface area contributed by atoms with Crippen molar-refractivity contribution in [2.24, 2.45) is 0 Å². The normalized spacial score (nSPS) is 12.2. The molecule has 0 aliphatic carbocycles. The lowest BCUT2D eigenvalue weighted by atomic mass is 10.1. The van der Waals surface area contributed by atoms with Gasteiger partial charge in [0.25, 0.3) is 0 Å². The highest BCUT2D eigenvalue weighted by Crippen LogP contribution is 2.19. The summed E-state index contributed by atoms with van der Waals surface area (Å²) in [7, 11) is 3.26. The fourth-order valence-electron chi connectivity index (χ4n) is 1.25. The SMILES string of the molecule is CC(=O)NO.CO/C(C)=C/C=C(\C=C(/C)OC)c1cnc(C)o1. The number of aryl methyl sites for hydroxylation is 1. The van der Waals surface area contributed by atoms with Gasteiger partial charge in [-0.25, -0.2) is 10.5 Å². The Morgan fingerprint density at radius 1 is 1.22 bits per heavy atom. The molecular weight excluding hydrogens is 300 g/mol. The first-order valence-corrected chi connectivity index (χ1v) is 6.82. The molecule has 0 saturated carbocycles. The van der Waals surface area contributed by atoms with Crippen LogP contribution in [0.25, 0.3) is 5.57 Å². The molecular formula is C16H24N2O5. The third-order valence-electron chi connectivity index (χ3n) is 2.56. The molecule has 0 fully saturated rings. The van der Waals surface area contributed by atoms with Crippen molar-refractivity contribution in [2.75, 3.05) is 14.2 Å². The number of allylic oxidation sites excluding steroid dienone is 6. The van der Waals surface area contributed by atoms with E-state index in [0.29, 0.717) is 11.7 Å². The van der Waals surface area contributed by atoms with Crippen LogP contribution in [0, 0.1) is 6.92 Å². The highest BCUT2D eigenvalue weighted by atomic mass is 16.5. The number of oxazole rings is 1. The molecule has 0 aromatic carbocycles. The average Bonchev–Trinajstić information content (AvgIpc) is 2.97. The van der Waals surface area contributed by atoms with Gasteiger partial charge in [-0.05, 0) is 32.1 Å². The van der Waals surface area contributed by atoms with E-state index in [4.69, 9.17) is 19.1 Å². The molecule has 0 spiro atoms. The molecule has 7 nitrogen and oxygen atoms in total. The molecule has 0 aliphatic rings. The molecule has 1 amide bonds. The maximum absolute atomic E-state index is 9.45. The zero-order valence-electron chi connectivity index (χ0n) is 14.3. The summed E-state index contributed by atoms with van der Waals surface area (Å²) in [5.41, 5.74) is 2.27. The molecule has 0 bridgehead atoms. The summed E-state index contributed by atoms with van der Waals surface area (Å²) < 4.78 is 15.7. The highest BCUT2D eigenvalue weighted by Gasteiger charge is 2.05. The van der Waals surface area contributed by atoms with Crippen LogP contribution in [0.3, 0.4) is 0 Å². The standard InChI is InChI=1S/C14H19NO3.C2H5NO2/c1-10(16-4)6-7-13(8-11(2)17-5)14-9-15-12(3)18-14;1-2(4)3-5/h6-9H,1-5H3;5H,1H3,(H,3,4)/b10-6+,11-8+,13-7+;. The van der Waals surface area contributed by atoms with Crippen molar-refractivity contribution in [1.29, 1.82) is 0 Å². The maximum Gasteiger partial charge on any atom is 0.240 e. The summed E-state index contributed by atoms with van der Waals surface area (Å²) in [5, 5.41) is 7.54. The number of rotatable bonds is 5. The van der Waals surface area contributed by atoms with Gasteiger partial charge in [-0.3, -0.25) is 10.0 Å². The summed E-state index contributed by atoms with van der Waals surface area (Å²) in [5.74, 6) is 2.49. The summed E-state index contributed by atoms with van der Waals surface area (Å²) in [6.45, 7) is 6.79. The Morgan fingerprint density at radius 2 is 1.78 bits per heavy atom. The minimum atomic E-state index is -0.440. The van der Waals surface area contributed by atoms with Gasteiger partial charge in [-0.2, -0.15) is 0 Å². The van der Waals surface area contributed by atoms with Crippen LogP contribution in [0.15, 0.2) is 40.4 Å². The molecule has 0 radical (unpaired) electrons. The van der Waals surface area contributed by atoms with Crippen molar-refractivity contribution in [3.63, 3.8) is 0 Å². The monoisotopic (exact) mass is 324 g/mol. The number of amides is 1. The van der Waals surface area contributed by atoms with E-state index >= 15 is 0 Å². The zero-order chi connectivity index (χ0) is 17.8. The Bertz CT molecular complexity index is 585. The van der Waals surface area contributed by atoms with Crippen LogP contribution in [0.5, 0.6) is 0 Å². The Morgan fingerprint density at radius 3 is 2.17 bits per heavy atom. The number of nitrogens with zero attached hydrogens (tertiary/aromatic N) is 1. The molecule has 1 aromatic rings. The van der Waals surface area contributed by atoms with Gasteiger partial charge in [0.05, 0.1) is 31.9 Å². The van der Waals surface area contributed by atoms with Gasteiger partial charge in [-0.1, -0.05) is 0 Å². The first-order valence-electron chi connectivity index (χ1n) is 6.82. The summed E-state index contributed by atoms with van der Waals surface area (Å²) in [4.78, 5) is 13.5. The lowest BCUT2D eigenvalue weighted by Crippen LogP contribution is -2.12. The Kier molecular flexibility index (Phi) is 9.86. The van der Waals surface area contributed by atoms with E-state index in [9.17, 15) is 4.79 Å². The van der Waals surface area contributed by atoms with Gasteiger partial charge in [-0.15, -0.1) is 0 Å². The van der Waals surface area contributed by atoms with Crippen LogP contribution in [0.1, 0.15) is 32.4 Å². The quantitative estimate of drug-likeness (QED) is 0.374. The predicted octanol–water partition coefficient (Wildman–Crippen LogP) is 2.98. The minimum absolute atomic E-state index is 0.440. The number of aromatic nitrogens is 1. The number of methoxy groups -OCH3 is 2. The van der Waals surface area contributed by atoms with E-state index in [-0.39, 0.29) is 0 Å². The zero-order valence-corrected chi connectivity index (χ0v) is 14.3. The van der Waals surface area contributed by atoms with Crippen LogP contribution in [-0.2, 0) is 14.3 Å². The van der Waals surface area contributed by atoms with E-state index in [1.54, 1.807) is 20.4 Å². The first kappa shape index (κ1) is 20.5. The smallest absolute Gasteiger partial charge is 0.240 e. The molecule has 1 aromatic heterocycles. The van der Waals surface area contributed by atoms with Crippen molar-refractivity contribution in [1.82, 2.24) is 10.5 Å². The largest absolute Gasteiger partial charge is 0.501 e. The molecule has 1 rings (SSSR count). The van der Waals surface area contributed by atoms with Crippen molar-refractivity contribution in [3.05, 3.63) is 47.6 Å². The molecule has 1 heterocycles. The van der Waals surface area contributed by atoms with E-state index in [1.807, 2.05) is 39.0 Å². The van der Waals surface area contributed by atoms with Crippen LogP contribution >= 0.6 is 0 Å². The van der Waals surface area contributed by atoms with E-state index in [0.717, 1.165) is 17.1 Å². The first-order chi connectivity index (χ1) is 10.8. The van der Waals surface area contributed by atoms with E-state index in [1.165, 1.54) is 12.4 Å². The number of hydrogen-bond donors (Lipinski definition) is 2. The average molecular weight is 324 g/mol. The fourth-order valence-corrected chi connectivity index (χ4v) is 1.25. The highest BCUT2D eigenvalue weighted by molar-refractivity contribution is 5.72. The van der Waals surface area contributed by atoms with Crippen LogP contribution in [0.2, 0.25) is 0 Å². The van der Waals surface area contributed by atoms with Gasteiger partial charge >= 0.3 is 0 Å². The van der Waals surface area contributed by atoms with Crippen LogP contribution in [-0.4, -0.2) is 30.3 Å². The number of nitrogens with one attached hydrogen (secondary N) is 1. The lowest BCUT2D eigenvalue weighted by molar-refractivity contribution is -0.126. The van der Waals surface area contributed by atoms with Crippen molar-refractivity contribution in [3.8, 4) is 0 Å². The molecule has 0 atom stereocenters. The van der Waals surface area contributed by atoms with Crippen molar-refractivity contribution >= 4 is 11.5 Å². The number of hydrogen-bond acceptors (Lipinski definition) is 6. The van der Waals surface area contributed by atoms with Gasteiger partial charge in [0.15, 0.2) is 11.7 Å². The van der Waals surface area contributed by atoms with Crippen LogP contribution in [0.4, 0.5) is 0 Å². The van der Waals surface area contributed by atoms with Gasteiger partial charge in [0.1, 0.15) is 0 Å². The van der Waals surface area contributed by atoms with E-state index < -0.39 is 5.91 Å². The molecule has 23 heavy (non-hydrogen) atoms. The second-order valence-corrected chi connectivity index (χ2v) is 4.47. The third kappa shape index (κ3) is 9.15. The Hall–Kier alpha value is -2.54. The maximum atomic E-state index is 9.45. The second-order valence-electron chi connectivity index (χ2n) is 4.47. The minimum Gasteiger partial charge on any atom is -0.501 e. The molecule has 2 N–H and O–H groups in total. The summed E-state index contributed by atoms with van der Waals surface area (Å²) in [6.07, 6.45) is 7.35. The predicted molar refractivity (Wildman–Crippen MR) is 86.4 cm³/mol. The molecule has 0 unspecified atom stereocenters. The van der Waals surface area contributed by atoms with Gasteiger partial charge in [0, 0.05) is 19.4 Å². The number of hydroxylamine groups is 1. The number of carbonyl (C=O) groups excluding carboxylic acids is 1. The second kappa shape index (κ2) is 11.1. The molecule has 0 aliphatic heterocycles. The Balaban J connectivity index is 0.000000841. The molecule has 7 heteroatoms. The fraction of sp³-hybridized carbons (Fsp3) is 0.375. The van der Waals surface area contributed by atoms with Crippen molar-refractivity contribution in [2.45, 2.75) is 27.7 Å². The number of ether oxygens (including phenoxy) is 2. The summed E-state index contributed by atoms with van der Waals surface area (Å²) >= 11 is 0. The lowest BCUT2D eigenvalue weighted by Gasteiger charge is -2.01. The van der Waals surface area contributed by atoms with Gasteiger partial charge in [0.2, 0.25) is 5.91 Å². The number of carbonyl (C=O) groups is 1. The molecule has 128 valence electrons. The molecule has 0 saturated heterocycles. The van der Waals surface area contributed by atoms with Crippen LogP contribution < -0.4 is 5.48 Å². The Labute approximate surface area is 136 Å². The van der Waals surface area contributed by atoms with E-state index in [2.05, 4.69) is 4.98 Å². The van der Waals surface area contributed by atoms with Gasteiger partial charge < -0.3 is 13.9 Å². The third-order valence-corrected chi connectivity index (χ3v) is 2.56. The van der Waals surface area contributed by atoms with Crippen molar-refractivity contribution < 1.29 is 23.9 Å². The summed E-state index contributed by atoms with van der Waals surface area (Å²) in [6, 6.07) is 0.